The summed E-state index contributed by atoms with van der Waals surface area (Å²) < 4.78 is 1.10. The van der Waals surface area contributed by atoms with Crippen LogP contribution in [0.25, 0.3) is 0 Å². The van der Waals surface area contributed by atoms with Gasteiger partial charge in [-0.05, 0) is 56.7 Å². The van der Waals surface area contributed by atoms with Crippen LogP contribution in [0.5, 0.6) is 0 Å². The van der Waals surface area contributed by atoms with Crippen LogP contribution in [0, 0.1) is 5.92 Å². The van der Waals surface area contributed by atoms with Gasteiger partial charge in [-0.2, -0.15) is 0 Å². The van der Waals surface area contributed by atoms with E-state index in [1.165, 1.54) is 5.56 Å². The molecule has 3 N–H and O–H groups in total. The highest BCUT2D eigenvalue weighted by atomic mass is 79.9. The van der Waals surface area contributed by atoms with Crippen LogP contribution in [-0.2, 0) is 11.2 Å². The topological polar surface area (TPSA) is 55.1 Å². The van der Waals surface area contributed by atoms with Gasteiger partial charge < -0.3 is 11.1 Å². The fraction of sp³-hybridized carbons (Fsp3) is 0.562. The Morgan fingerprint density at radius 3 is 2.62 bits per heavy atom. The number of aryl methyl sites for hydroxylation is 1. The standard InChI is InChI=1S/C16H23BrN2O.ClH/c1-11(2-3-12-4-7-14(17)8-5-12)19-16(20)13-6-9-15(18)10-13;/h4-5,7-8,11,13,15H,2-3,6,9-10,18H2,1H3,(H,19,20);1H. The van der Waals surface area contributed by atoms with E-state index in [0.717, 1.165) is 36.6 Å². The van der Waals surface area contributed by atoms with Crippen molar-refractivity contribution in [2.45, 2.75) is 51.1 Å². The maximum Gasteiger partial charge on any atom is 0.223 e. The molecule has 0 saturated heterocycles. The summed E-state index contributed by atoms with van der Waals surface area (Å²) in [5.41, 5.74) is 7.16. The summed E-state index contributed by atoms with van der Waals surface area (Å²) in [6, 6.07) is 8.77. The number of carbonyl (C=O) groups excluding carboxylic acids is 1. The summed E-state index contributed by atoms with van der Waals surface area (Å²) in [6.07, 6.45) is 4.70. The van der Waals surface area contributed by atoms with Crippen molar-refractivity contribution in [3.63, 3.8) is 0 Å². The Labute approximate surface area is 141 Å². The molecule has 118 valence electrons. The third kappa shape index (κ3) is 5.97. The SMILES string of the molecule is CC(CCc1ccc(Br)cc1)NC(=O)C1CCC(N)C1.Cl. The Morgan fingerprint density at radius 2 is 2.05 bits per heavy atom. The van der Waals surface area contributed by atoms with Crippen LogP contribution in [0.2, 0.25) is 0 Å². The van der Waals surface area contributed by atoms with Crippen LogP contribution < -0.4 is 11.1 Å². The maximum atomic E-state index is 12.1. The first-order chi connectivity index (χ1) is 9.54. The van der Waals surface area contributed by atoms with Crippen LogP contribution >= 0.6 is 28.3 Å². The molecule has 1 amide bonds. The van der Waals surface area contributed by atoms with Crippen LogP contribution in [0.3, 0.4) is 0 Å². The molecule has 2 rings (SSSR count). The average Bonchev–Trinajstić information content (AvgIpc) is 2.85. The molecule has 1 aliphatic rings. The molecule has 1 fully saturated rings. The first-order valence-electron chi connectivity index (χ1n) is 7.35. The number of benzene rings is 1. The van der Waals surface area contributed by atoms with Gasteiger partial charge in [0.25, 0.3) is 0 Å². The normalized spacial score (nSPS) is 22.4. The lowest BCUT2D eigenvalue weighted by Crippen LogP contribution is -2.37. The van der Waals surface area contributed by atoms with Gasteiger partial charge in [0, 0.05) is 22.5 Å². The molecule has 3 unspecified atom stereocenters. The summed E-state index contributed by atoms with van der Waals surface area (Å²) in [6.45, 7) is 2.08. The van der Waals surface area contributed by atoms with Gasteiger partial charge in [0.15, 0.2) is 0 Å². The number of rotatable bonds is 5. The van der Waals surface area contributed by atoms with E-state index >= 15 is 0 Å². The average molecular weight is 376 g/mol. The van der Waals surface area contributed by atoms with Crippen molar-refractivity contribution < 1.29 is 4.79 Å². The number of amides is 1. The van der Waals surface area contributed by atoms with Gasteiger partial charge >= 0.3 is 0 Å². The van der Waals surface area contributed by atoms with Gasteiger partial charge in [-0.25, -0.2) is 0 Å². The van der Waals surface area contributed by atoms with Crippen LogP contribution in [0.4, 0.5) is 0 Å². The summed E-state index contributed by atoms with van der Waals surface area (Å²) >= 11 is 3.43. The quantitative estimate of drug-likeness (QED) is 0.828. The van der Waals surface area contributed by atoms with E-state index in [9.17, 15) is 4.79 Å². The number of carbonyl (C=O) groups is 1. The van der Waals surface area contributed by atoms with Crippen molar-refractivity contribution in [3.8, 4) is 0 Å². The van der Waals surface area contributed by atoms with Gasteiger partial charge in [-0.15, -0.1) is 12.4 Å². The van der Waals surface area contributed by atoms with Crippen molar-refractivity contribution >= 4 is 34.2 Å². The zero-order valence-electron chi connectivity index (χ0n) is 12.3. The zero-order chi connectivity index (χ0) is 14.5. The Kier molecular flexibility index (Phi) is 7.71. The largest absolute Gasteiger partial charge is 0.353 e. The highest BCUT2D eigenvalue weighted by Crippen LogP contribution is 2.24. The molecule has 1 aromatic carbocycles. The van der Waals surface area contributed by atoms with Gasteiger partial charge in [0.05, 0.1) is 0 Å². The van der Waals surface area contributed by atoms with Crippen molar-refractivity contribution in [2.24, 2.45) is 11.7 Å². The highest BCUT2D eigenvalue weighted by Gasteiger charge is 2.28. The molecule has 3 atom stereocenters. The molecule has 0 radical (unpaired) electrons. The zero-order valence-corrected chi connectivity index (χ0v) is 14.8. The Bertz CT molecular complexity index is 452. The van der Waals surface area contributed by atoms with Crippen LogP contribution in [0.15, 0.2) is 28.7 Å². The second-order valence-corrected chi connectivity index (χ2v) is 6.76. The minimum atomic E-state index is 0. The van der Waals surface area contributed by atoms with E-state index in [0.29, 0.717) is 0 Å². The number of hydrogen-bond donors (Lipinski definition) is 2. The summed E-state index contributed by atoms with van der Waals surface area (Å²) in [4.78, 5) is 12.1. The van der Waals surface area contributed by atoms with Gasteiger partial charge in [-0.3, -0.25) is 4.79 Å². The minimum absolute atomic E-state index is 0. The molecule has 3 nitrogen and oxygen atoms in total. The Balaban J connectivity index is 0.00000220. The molecule has 1 aromatic rings. The molecule has 1 saturated carbocycles. The van der Waals surface area contributed by atoms with Crippen LogP contribution in [0.1, 0.15) is 38.2 Å². The third-order valence-corrected chi connectivity index (χ3v) is 4.54. The molecule has 1 aliphatic carbocycles. The predicted molar refractivity (Wildman–Crippen MR) is 92.6 cm³/mol. The molecular formula is C16H24BrClN2O. The first kappa shape index (κ1) is 18.5. The predicted octanol–water partition coefficient (Wildman–Crippen LogP) is 3.44. The maximum absolute atomic E-state index is 12.1. The summed E-state index contributed by atoms with van der Waals surface area (Å²) in [5.74, 6) is 0.307. The molecule has 0 heterocycles. The molecule has 5 heteroatoms. The summed E-state index contributed by atoms with van der Waals surface area (Å²) in [5, 5.41) is 3.12. The van der Waals surface area contributed by atoms with Crippen molar-refractivity contribution in [2.75, 3.05) is 0 Å². The lowest BCUT2D eigenvalue weighted by molar-refractivity contribution is -0.125. The van der Waals surface area contributed by atoms with Gasteiger partial charge in [0.2, 0.25) is 5.91 Å². The van der Waals surface area contributed by atoms with E-state index in [1.807, 2.05) is 0 Å². The molecule has 0 spiro atoms. The third-order valence-electron chi connectivity index (χ3n) is 4.01. The smallest absolute Gasteiger partial charge is 0.223 e. The van der Waals surface area contributed by atoms with E-state index in [2.05, 4.69) is 52.4 Å². The van der Waals surface area contributed by atoms with E-state index < -0.39 is 0 Å². The molecule has 0 bridgehead atoms. The molecule has 21 heavy (non-hydrogen) atoms. The minimum Gasteiger partial charge on any atom is -0.353 e. The lowest BCUT2D eigenvalue weighted by Gasteiger charge is -2.17. The van der Waals surface area contributed by atoms with E-state index in [-0.39, 0.29) is 36.3 Å². The Morgan fingerprint density at radius 1 is 1.38 bits per heavy atom. The first-order valence-corrected chi connectivity index (χ1v) is 8.14. The fourth-order valence-corrected chi connectivity index (χ4v) is 2.99. The van der Waals surface area contributed by atoms with Crippen LogP contribution in [-0.4, -0.2) is 18.0 Å². The second-order valence-electron chi connectivity index (χ2n) is 5.84. The monoisotopic (exact) mass is 374 g/mol. The Hall–Kier alpha value is -0.580. The van der Waals surface area contributed by atoms with Crippen molar-refractivity contribution in [1.82, 2.24) is 5.32 Å². The van der Waals surface area contributed by atoms with Gasteiger partial charge in [0.1, 0.15) is 0 Å². The number of halogens is 2. The number of hydrogen-bond acceptors (Lipinski definition) is 2. The van der Waals surface area contributed by atoms with Crippen molar-refractivity contribution in [1.29, 1.82) is 0 Å². The summed E-state index contributed by atoms with van der Waals surface area (Å²) in [7, 11) is 0. The number of nitrogens with two attached hydrogens (primary N) is 1. The van der Waals surface area contributed by atoms with E-state index in [1.54, 1.807) is 0 Å². The highest BCUT2D eigenvalue weighted by molar-refractivity contribution is 9.10. The molecule has 0 aromatic heterocycles. The molecule has 0 aliphatic heterocycles. The second kappa shape index (κ2) is 8.76. The molecular weight excluding hydrogens is 352 g/mol. The number of nitrogens with one attached hydrogen (secondary N) is 1. The van der Waals surface area contributed by atoms with Gasteiger partial charge in [-0.1, -0.05) is 28.1 Å². The fourth-order valence-electron chi connectivity index (χ4n) is 2.72. The van der Waals surface area contributed by atoms with Crippen molar-refractivity contribution in [3.05, 3.63) is 34.3 Å². The lowest BCUT2D eigenvalue weighted by atomic mass is 10.0. The van der Waals surface area contributed by atoms with E-state index in [4.69, 9.17) is 5.73 Å².